The van der Waals surface area contributed by atoms with Gasteiger partial charge in [0.05, 0.1) is 59.3 Å². The molecule has 0 aliphatic carbocycles. The Labute approximate surface area is 434 Å². The number of para-hydroxylation sites is 2. The molecule has 0 spiro atoms. The van der Waals surface area contributed by atoms with Crippen molar-refractivity contribution in [2.75, 3.05) is 103 Å². The summed E-state index contributed by atoms with van der Waals surface area (Å²) in [6, 6.07) is 28.6. The van der Waals surface area contributed by atoms with Gasteiger partial charge < -0.3 is 29.5 Å². The van der Waals surface area contributed by atoms with Crippen molar-refractivity contribution in [1.29, 1.82) is 0 Å². The van der Waals surface area contributed by atoms with Gasteiger partial charge in [0.2, 0.25) is 20.0 Å². The molecule has 4 aliphatic rings. The third kappa shape index (κ3) is 10.5. The second-order valence-corrected chi connectivity index (χ2v) is 24.0. The lowest BCUT2D eigenvalue weighted by Gasteiger charge is -2.42. The van der Waals surface area contributed by atoms with Crippen LogP contribution in [0.3, 0.4) is 0 Å². The van der Waals surface area contributed by atoms with E-state index < -0.39 is 32.3 Å². The summed E-state index contributed by atoms with van der Waals surface area (Å²) in [5, 5.41) is 26.1. The number of piperazine rings is 2. The van der Waals surface area contributed by atoms with Crippen molar-refractivity contribution in [3.63, 3.8) is 0 Å². The molecule has 10 rings (SSSR count). The molecule has 6 heterocycles. The lowest BCUT2D eigenvalue weighted by atomic mass is 9.82. The number of methoxy groups -OCH3 is 2. The number of nitrogens with zero attached hydrogens (tertiary/aromatic N) is 10. The van der Waals surface area contributed by atoms with Crippen LogP contribution >= 0.6 is 0 Å². The maximum Gasteiger partial charge on any atom is 0.243 e. The third-order valence-electron chi connectivity index (χ3n) is 15.8. The molecule has 394 valence electrons. The highest BCUT2D eigenvalue weighted by molar-refractivity contribution is 7.89. The fourth-order valence-corrected chi connectivity index (χ4v) is 14.2. The summed E-state index contributed by atoms with van der Waals surface area (Å²) in [6.45, 7) is 10.1. The molecule has 6 unspecified atom stereocenters. The molecule has 4 saturated heterocycles. The second-order valence-electron chi connectivity index (χ2n) is 20.1. The fraction of sp³-hybridized carbons (Fsp3) is 0.481. The van der Waals surface area contributed by atoms with Crippen LogP contribution in [0.2, 0.25) is 0 Å². The van der Waals surface area contributed by atoms with Crippen molar-refractivity contribution in [2.24, 2.45) is 11.8 Å². The van der Waals surface area contributed by atoms with E-state index in [0.717, 1.165) is 72.2 Å². The summed E-state index contributed by atoms with van der Waals surface area (Å²) in [6.07, 6.45) is 1.23. The number of hydrogen-bond donors (Lipinski definition) is 2. The number of fused-ring (bicyclic) bond motifs is 2. The average Bonchev–Trinajstić information content (AvgIpc) is 3.45. The van der Waals surface area contributed by atoms with Crippen molar-refractivity contribution in [3.8, 4) is 11.5 Å². The van der Waals surface area contributed by atoms with Crippen molar-refractivity contribution in [2.45, 2.75) is 73.6 Å². The van der Waals surface area contributed by atoms with Gasteiger partial charge in [0, 0.05) is 101 Å². The summed E-state index contributed by atoms with van der Waals surface area (Å²) in [5.41, 5.74) is 1.64. The molecule has 6 aromatic rings. The zero-order chi connectivity index (χ0) is 51.7. The molecule has 74 heavy (non-hydrogen) atoms. The minimum atomic E-state index is -3.67. The van der Waals surface area contributed by atoms with Gasteiger partial charge in [-0.3, -0.25) is 9.80 Å². The van der Waals surface area contributed by atoms with Crippen molar-refractivity contribution in [3.05, 3.63) is 109 Å². The molecule has 2 aromatic heterocycles. The molecule has 18 nitrogen and oxygen atoms in total. The number of aromatic nitrogens is 4. The molecule has 20 heteroatoms. The van der Waals surface area contributed by atoms with Crippen LogP contribution in [0.15, 0.2) is 107 Å². The molecular formula is C54H68N10O8S2. The molecular weight excluding hydrogens is 981 g/mol. The molecule has 0 radical (unpaired) electrons. The Kier molecular flexibility index (Phi) is 15.4. The van der Waals surface area contributed by atoms with E-state index in [2.05, 4.69) is 33.4 Å². The topological polar surface area (TPSA) is 198 Å². The second kappa shape index (κ2) is 21.9. The number of aliphatic hydroxyl groups excluding tert-OH is 2. The summed E-state index contributed by atoms with van der Waals surface area (Å²) in [4.78, 5) is 30.0. The van der Waals surface area contributed by atoms with Crippen LogP contribution in [0.25, 0.3) is 21.8 Å². The van der Waals surface area contributed by atoms with Crippen molar-refractivity contribution >= 4 is 53.5 Å². The standard InChI is InChI=1S/C54H68N10O8S2/c1-37(59-27-31-63(32-28-59)73(67,68)43-21-17-41(71-3)18-22-43)51-55-47-15-7-5-13-45(47)53(57-51)61-25-9-11-39(35-61)49(65)50(66)40-12-10-26-62(36-40)54-46-14-6-8-16-48(46)56-52(58-54)38(2)60-29-33-64(34-30-60)74(69,70)44-23-19-42(72-4)20-24-44/h5-8,13-24,37-40,49-50,65-66H,9-12,25-36H2,1-4H3. The largest absolute Gasteiger partial charge is 0.497 e. The van der Waals surface area contributed by atoms with E-state index >= 15 is 0 Å². The fourth-order valence-electron chi connectivity index (χ4n) is 11.3. The predicted octanol–water partition coefficient (Wildman–Crippen LogP) is 5.58. The van der Waals surface area contributed by atoms with Gasteiger partial charge in [-0.15, -0.1) is 0 Å². The maximum absolute atomic E-state index is 13.5. The van der Waals surface area contributed by atoms with E-state index in [-0.39, 0.29) is 33.7 Å². The molecule has 4 aliphatic heterocycles. The monoisotopic (exact) mass is 1050 g/mol. The molecule has 6 atom stereocenters. The van der Waals surface area contributed by atoms with Gasteiger partial charge in [-0.25, -0.2) is 36.8 Å². The smallest absolute Gasteiger partial charge is 0.243 e. The first-order valence-electron chi connectivity index (χ1n) is 25.9. The Morgan fingerprint density at radius 3 is 1.23 bits per heavy atom. The number of anilines is 2. The number of benzene rings is 4. The van der Waals surface area contributed by atoms with E-state index in [0.29, 0.717) is 88.6 Å². The van der Waals surface area contributed by atoms with E-state index in [1.165, 1.54) is 8.61 Å². The van der Waals surface area contributed by atoms with Crippen molar-refractivity contribution < 1.29 is 36.5 Å². The van der Waals surface area contributed by atoms with Crippen LogP contribution in [0.5, 0.6) is 11.5 Å². The van der Waals surface area contributed by atoms with Gasteiger partial charge in [0.1, 0.15) is 34.8 Å². The van der Waals surface area contributed by atoms with Gasteiger partial charge >= 0.3 is 0 Å². The van der Waals surface area contributed by atoms with Crippen LogP contribution in [0, 0.1) is 11.8 Å². The van der Waals surface area contributed by atoms with E-state index in [1.54, 1.807) is 62.8 Å². The lowest BCUT2D eigenvalue weighted by molar-refractivity contribution is -0.0527. The summed E-state index contributed by atoms with van der Waals surface area (Å²) >= 11 is 0. The lowest BCUT2D eigenvalue weighted by Crippen LogP contribution is -2.50. The summed E-state index contributed by atoms with van der Waals surface area (Å²) in [7, 11) is -4.24. The van der Waals surface area contributed by atoms with Crippen LogP contribution in [0.4, 0.5) is 11.6 Å². The maximum atomic E-state index is 13.5. The highest BCUT2D eigenvalue weighted by atomic mass is 32.2. The first-order valence-corrected chi connectivity index (χ1v) is 28.8. The molecule has 0 amide bonds. The SMILES string of the molecule is COc1ccc(S(=O)(=O)N2CCN(C(C)c3nc(N4CCCC(C(O)C(O)C5CCCN(c6nc(C(C)N7CCN(S(=O)(=O)c8ccc(OC)cc8)CC7)nc7ccccc67)C5)C4)c4ccccc4n3)CC2)cc1. The van der Waals surface area contributed by atoms with Gasteiger partial charge in [0.25, 0.3) is 0 Å². The number of rotatable bonds is 15. The zero-order valence-corrected chi connectivity index (χ0v) is 44.3. The van der Waals surface area contributed by atoms with Gasteiger partial charge in [-0.2, -0.15) is 8.61 Å². The number of hydrogen-bond acceptors (Lipinski definition) is 16. The first-order chi connectivity index (χ1) is 35.7. The summed E-state index contributed by atoms with van der Waals surface area (Å²) < 4.78 is 67.7. The number of ether oxygens (including phenoxy) is 2. The highest BCUT2D eigenvalue weighted by Crippen LogP contribution is 2.37. The average molecular weight is 1050 g/mol. The molecule has 4 fully saturated rings. The molecule has 4 aromatic carbocycles. The Morgan fingerprint density at radius 1 is 0.500 bits per heavy atom. The zero-order valence-electron chi connectivity index (χ0n) is 42.6. The molecule has 2 N–H and O–H groups in total. The Bertz CT molecular complexity index is 2930. The summed E-state index contributed by atoms with van der Waals surface area (Å²) in [5.74, 6) is 3.70. The van der Waals surface area contributed by atoms with Gasteiger partial charge in [-0.05, 0) is 112 Å². The Balaban J connectivity index is 0.803. The Hall–Kier alpha value is -5.58. The number of aliphatic hydroxyl groups is 2. The first kappa shape index (κ1) is 51.9. The van der Waals surface area contributed by atoms with E-state index in [4.69, 9.17) is 29.4 Å². The quantitative estimate of drug-likeness (QED) is 0.129. The van der Waals surface area contributed by atoms with E-state index in [1.807, 2.05) is 48.5 Å². The normalized spacial score (nSPS) is 21.9. The predicted molar refractivity (Wildman–Crippen MR) is 284 cm³/mol. The Morgan fingerprint density at radius 2 is 0.865 bits per heavy atom. The number of piperidine rings is 2. The van der Waals surface area contributed by atoms with Gasteiger partial charge in [0.15, 0.2) is 0 Å². The van der Waals surface area contributed by atoms with Crippen LogP contribution in [-0.2, 0) is 20.0 Å². The third-order valence-corrected chi connectivity index (χ3v) is 19.6. The van der Waals surface area contributed by atoms with Gasteiger partial charge in [-0.1, -0.05) is 24.3 Å². The van der Waals surface area contributed by atoms with Crippen LogP contribution < -0.4 is 19.3 Å². The van der Waals surface area contributed by atoms with E-state index in [9.17, 15) is 27.0 Å². The highest BCUT2D eigenvalue weighted by Gasteiger charge is 2.39. The van der Waals surface area contributed by atoms with Crippen molar-refractivity contribution in [1.82, 2.24) is 38.3 Å². The van der Waals surface area contributed by atoms with Crippen LogP contribution in [-0.4, -0.2) is 170 Å². The molecule has 0 saturated carbocycles. The minimum Gasteiger partial charge on any atom is -0.497 e. The minimum absolute atomic E-state index is 0.189. The van der Waals surface area contributed by atoms with Crippen LogP contribution in [0.1, 0.15) is 63.3 Å². The number of sulfonamides is 2. The molecule has 0 bridgehead atoms.